The molecule has 1 aliphatic carbocycles. The van der Waals surface area contributed by atoms with Crippen molar-refractivity contribution in [1.82, 2.24) is 9.78 Å². The Balaban J connectivity index is 2.31. The molecule has 1 aromatic rings. The molecule has 1 fully saturated rings. The Morgan fingerprint density at radius 1 is 1.29 bits per heavy atom. The molecule has 1 N–H and O–H groups in total. The minimum atomic E-state index is -0.320. The second-order valence-corrected chi connectivity index (χ2v) is 6.84. The Morgan fingerprint density at radius 2 is 1.86 bits per heavy atom. The first-order valence-corrected chi connectivity index (χ1v) is 7.79. The topological polar surface area (TPSA) is 73.0 Å². The summed E-state index contributed by atoms with van der Waals surface area (Å²) in [5.41, 5.74) is 0.600. The zero-order valence-corrected chi connectivity index (χ0v) is 13.6. The second kappa shape index (κ2) is 6.03. The van der Waals surface area contributed by atoms with Crippen LogP contribution in [0.5, 0.6) is 0 Å². The molecule has 0 amide bonds. The van der Waals surface area contributed by atoms with E-state index in [2.05, 4.69) is 24.3 Å². The minimum absolute atomic E-state index is 0.0957. The van der Waals surface area contributed by atoms with E-state index in [9.17, 15) is 10.1 Å². The zero-order chi connectivity index (χ0) is 15.7. The summed E-state index contributed by atoms with van der Waals surface area (Å²) in [6.07, 6.45) is 3.36. The van der Waals surface area contributed by atoms with Gasteiger partial charge in [-0.2, -0.15) is 5.10 Å². The molecule has 1 aromatic heterocycles. The SMILES string of the molecule is Cc1nn(C(C)C)c(NC2CC(C)CC(C)C2)c1[N+](=O)[O-]. The maximum atomic E-state index is 11.4. The van der Waals surface area contributed by atoms with E-state index < -0.39 is 0 Å². The number of nitrogens with one attached hydrogen (secondary N) is 1. The van der Waals surface area contributed by atoms with Crippen LogP contribution >= 0.6 is 0 Å². The number of aromatic nitrogens is 2. The molecule has 0 aliphatic heterocycles. The molecule has 2 unspecified atom stereocenters. The van der Waals surface area contributed by atoms with Gasteiger partial charge in [0.2, 0.25) is 5.82 Å². The van der Waals surface area contributed by atoms with Gasteiger partial charge in [-0.15, -0.1) is 0 Å². The van der Waals surface area contributed by atoms with Gasteiger partial charge in [0.25, 0.3) is 0 Å². The third kappa shape index (κ3) is 3.36. The highest BCUT2D eigenvalue weighted by atomic mass is 16.6. The lowest BCUT2D eigenvalue weighted by Crippen LogP contribution is -2.31. The average molecular weight is 294 g/mol. The van der Waals surface area contributed by atoms with E-state index in [1.807, 2.05) is 13.8 Å². The van der Waals surface area contributed by atoms with Gasteiger partial charge < -0.3 is 5.32 Å². The molecule has 6 heteroatoms. The van der Waals surface area contributed by atoms with Gasteiger partial charge in [0.15, 0.2) is 0 Å². The van der Waals surface area contributed by atoms with Gasteiger partial charge in [0, 0.05) is 12.1 Å². The summed E-state index contributed by atoms with van der Waals surface area (Å²) >= 11 is 0. The summed E-state index contributed by atoms with van der Waals surface area (Å²) in [6.45, 7) is 10.2. The van der Waals surface area contributed by atoms with E-state index in [1.54, 1.807) is 11.6 Å². The lowest BCUT2D eigenvalue weighted by atomic mass is 9.80. The van der Waals surface area contributed by atoms with Crippen molar-refractivity contribution >= 4 is 11.5 Å². The second-order valence-electron chi connectivity index (χ2n) is 6.84. The quantitative estimate of drug-likeness (QED) is 0.674. The van der Waals surface area contributed by atoms with Crippen LogP contribution in [0.25, 0.3) is 0 Å². The standard InChI is InChI=1S/C15H26N4O2/c1-9(2)18-15(14(19(20)21)12(5)17-18)16-13-7-10(3)6-11(4)8-13/h9-11,13,16H,6-8H2,1-5H3. The molecule has 21 heavy (non-hydrogen) atoms. The van der Waals surface area contributed by atoms with E-state index in [-0.39, 0.29) is 22.7 Å². The molecule has 1 heterocycles. The molecule has 0 radical (unpaired) electrons. The molecule has 6 nitrogen and oxygen atoms in total. The number of hydrogen-bond acceptors (Lipinski definition) is 4. The van der Waals surface area contributed by atoms with Crippen LogP contribution < -0.4 is 5.32 Å². The minimum Gasteiger partial charge on any atom is -0.362 e. The lowest BCUT2D eigenvalue weighted by Gasteiger charge is -2.32. The first kappa shape index (κ1) is 15.8. The van der Waals surface area contributed by atoms with Gasteiger partial charge >= 0.3 is 5.69 Å². The smallest absolute Gasteiger partial charge is 0.333 e. The van der Waals surface area contributed by atoms with Crippen molar-refractivity contribution in [3.05, 3.63) is 15.8 Å². The van der Waals surface area contributed by atoms with Gasteiger partial charge in [-0.3, -0.25) is 10.1 Å². The highest BCUT2D eigenvalue weighted by molar-refractivity contribution is 5.60. The van der Waals surface area contributed by atoms with Gasteiger partial charge in [-0.05, 0) is 51.9 Å². The fourth-order valence-corrected chi connectivity index (χ4v) is 3.52. The van der Waals surface area contributed by atoms with Crippen LogP contribution in [0, 0.1) is 28.9 Å². The normalized spacial score (nSPS) is 26.1. The maximum absolute atomic E-state index is 11.4. The molecule has 0 saturated heterocycles. The molecule has 1 aliphatic rings. The fourth-order valence-electron chi connectivity index (χ4n) is 3.52. The highest BCUT2D eigenvalue weighted by Crippen LogP contribution is 2.35. The van der Waals surface area contributed by atoms with Gasteiger partial charge in [-0.1, -0.05) is 13.8 Å². The van der Waals surface area contributed by atoms with E-state index in [0.717, 1.165) is 12.8 Å². The van der Waals surface area contributed by atoms with Crippen molar-refractivity contribution in [3.8, 4) is 0 Å². The predicted molar refractivity (Wildman–Crippen MR) is 83.6 cm³/mol. The van der Waals surface area contributed by atoms with E-state index >= 15 is 0 Å². The largest absolute Gasteiger partial charge is 0.362 e. The Labute approximate surface area is 126 Å². The first-order chi connectivity index (χ1) is 9.79. The summed E-state index contributed by atoms with van der Waals surface area (Å²) in [4.78, 5) is 11.0. The van der Waals surface area contributed by atoms with Crippen molar-refractivity contribution in [2.24, 2.45) is 11.8 Å². The molecule has 0 bridgehead atoms. The number of anilines is 1. The van der Waals surface area contributed by atoms with E-state index in [0.29, 0.717) is 23.3 Å². The van der Waals surface area contributed by atoms with Crippen LogP contribution in [-0.4, -0.2) is 20.7 Å². The van der Waals surface area contributed by atoms with Crippen LogP contribution in [0.3, 0.4) is 0 Å². The zero-order valence-electron chi connectivity index (χ0n) is 13.6. The molecule has 0 aromatic carbocycles. The summed E-state index contributed by atoms with van der Waals surface area (Å²) in [6, 6.07) is 0.384. The average Bonchev–Trinajstić information content (AvgIpc) is 2.64. The van der Waals surface area contributed by atoms with Gasteiger partial charge in [-0.25, -0.2) is 4.68 Å². The summed E-state index contributed by atoms with van der Waals surface area (Å²) in [5, 5.41) is 19.1. The molecular formula is C15H26N4O2. The Morgan fingerprint density at radius 3 is 2.33 bits per heavy atom. The van der Waals surface area contributed by atoms with Crippen LogP contribution in [0.2, 0.25) is 0 Å². The number of nitro groups is 1. The molecular weight excluding hydrogens is 268 g/mol. The van der Waals surface area contributed by atoms with E-state index in [4.69, 9.17) is 0 Å². The molecule has 118 valence electrons. The Hall–Kier alpha value is -1.59. The van der Waals surface area contributed by atoms with Crippen molar-refractivity contribution in [1.29, 1.82) is 0 Å². The lowest BCUT2D eigenvalue weighted by molar-refractivity contribution is -0.384. The summed E-state index contributed by atoms with van der Waals surface area (Å²) < 4.78 is 1.75. The summed E-state index contributed by atoms with van der Waals surface area (Å²) in [7, 11) is 0. The number of rotatable bonds is 4. The number of aryl methyl sites for hydroxylation is 1. The monoisotopic (exact) mass is 294 g/mol. The maximum Gasteiger partial charge on any atom is 0.333 e. The third-order valence-electron chi connectivity index (χ3n) is 4.24. The third-order valence-corrected chi connectivity index (χ3v) is 4.24. The van der Waals surface area contributed by atoms with Crippen LogP contribution in [0.15, 0.2) is 0 Å². The molecule has 2 atom stereocenters. The fraction of sp³-hybridized carbons (Fsp3) is 0.800. The van der Waals surface area contributed by atoms with Crippen molar-refractivity contribution < 1.29 is 4.92 Å². The first-order valence-electron chi connectivity index (χ1n) is 7.79. The predicted octanol–water partition coefficient (Wildman–Crippen LogP) is 3.92. The number of nitrogens with zero attached hydrogens (tertiary/aromatic N) is 3. The molecule has 2 rings (SSSR count). The van der Waals surface area contributed by atoms with Crippen LogP contribution in [0.1, 0.15) is 58.7 Å². The van der Waals surface area contributed by atoms with Gasteiger partial charge in [0.1, 0.15) is 5.69 Å². The summed E-state index contributed by atoms with van der Waals surface area (Å²) in [5.74, 6) is 1.88. The van der Waals surface area contributed by atoms with Crippen LogP contribution in [0.4, 0.5) is 11.5 Å². The van der Waals surface area contributed by atoms with Crippen molar-refractivity contribution in [2.45, 2.75) is 66.0 Å². The van der Waals surface area contributed by atoms with Crippen molar-refractivity contribution in [3.63, 3.8) is 0 Å². The highest BCUT2D eigenvalue weighted by Gasteiger charge is 2.31. The van der Waals surface area contributed by atoms with E-state index in [1.165, 1.54) is 6.42 Å². The molecule has 0 spiro atoms. The Kier molecular flexibility index (Phi) is 4.54. The Bertz CT molecular complexity index is 514. The number of hydrogen-bond donors (Lipinski definition) is 1. The molecule has 1 saturated carbocycles. The van der Waals surface area contributed by atoms with Crippen LogP contribution in [-0.2, 0) is 0 Å². The van der Waals surface area contributed by atoms with Crippen molar-refractivity contribution in [2.75, 3.05) is 5.32 Å². The van der Waals surface area contributed by atoms with Gasteiger partial charge in [0.05, 0.1) is 4.92 Å².